The first kappa shape index (κ1) is 11.8. The van der Waals surface area contributed by atoms with Gasteiger partial charge in [-0.25, -0.2) is 10.4 Å². The van der Waals surface area contributed by atoms with Crippen LogP contribution in [0.4, 0.5) is 0 Å². The van der Waals surface area contributed by atoms with Gasteiger partial charge in [-0.15, -0.1) is 11.3 Å². The van der Waals surface area contributed by atoms with Crippen molar-refractivity contribution in [3.63, 3.8) is 0 Å². The molecule has 0 amide bonds. The van der Waals surface area contributed by atoms with E-state index >= 15 is 0 Å². The number of nitrogens with zero attached hydrogens (tertiary/aromatic N) is 1. The third kappa shape index (κ3) is 2.70. The van der Waals surface area contributed by atoms with Crippen LogP contribution in [0.1, 0.15) is 48.8 Å². The van der Waals surface area contributed by atoms with Crippen LogP contribution >= 0.6 is 11.3 Å². The maximum absolute atomic E-state index is 5.67. The van der Waals surface area contributed by atoms with E-state index in [0.717, 1.165) is 17.1 Å². The predicted octanol–water partition coefficient (Wildman–Crippen LogP) is 2.85. The molecule has 0 bridgehead atoms. The number of rotatable bonds is 3. The summed E-state index contributed by atoms with van der Waals surface area (Å²) >= 11 is 1.68. The summed E-state index contributed by atoms with van der Waals surface area (Å²) in [4.78, 5) is 4.52. The largest absolute Gasteiger partial charge is 0.271 e. The van der Waals surface area contributed by atoms with Crippen molar-refractivity contribution in [2.75, 3.05) is 0 Å². The van der Waals surface area contributed by atoms with E-state index in [9.17, 15) is 0 Å². The highest BCUT2D eigenvalue weighted by atomic mass is 32.1. The lowest BCUT2D eigenvalue weighted by atomic mass is 10.0. The predicted molar refractivity (Wildman–Crippen MR) is 68.1 cm³/mol. The van der Waals surface area contributed by atoms with Gasteiger partial charge in [-0.2, -0.15) is 0 Å². The summed E-state index contributed by atoms with van der Waals surface area (Å²) in [6, 6.07) is 0.114. The van der Waals surface area contributed by atoms with Crippen LogP contribution in [-0.4, -0.2) is 4.98 Å². The maximum Gasteiger partial charge on any atom is 0.0898 e. The molecule has 0 spiro atoms. The molecule has 1 unspecified atom stereocenters. The van der Waals surface area contributed by atoms with Crippen molar-refractivity contribution in [3.8, 4) is 0 Å². The summed E-state index contributed by atoms with van der Waals surface area (Å²) in [5, 5.41) is 3.20. The van der Waals surface area contributed by atoms with Crippen LogP contribution < -0.4 is 11.3 Å². The van der Waals surface area contributed by atoms with Crippen molar-refractivity contribution in [1.29, 1.82) is 0 Å². The Morgan fingerprint density at radius 3 is 3.00 bits per heavy atom. The number of nitrogens with two attached hydrogens (primary N) is 1. The first-order valence-corrected chi connectivity index (χ1v) is 6.76. The van der Waals surface area contributed by atoms with Gasteiger partial charge in [0.25, 0.3) is 0 Å². The fraction of sp³-hybridized carbons (Fsp3) is 0.583. The van der Waals surface area contributed by atoms with Gasteiger partial charge in [-0.1, -0.05) is 18.1 Å². The number of nitrogens with one attached hydrogen (secondary N) is 1. The molecule has 1 heterocycles. The fourth-order valence-corrected chi connectivity index (χ4v) is 2.84. The van der Waals surface area contributed by atoms with E-state index in [1.807, 2.05) is 6.92 Å². The molecule has 1 atom stereocenters. The first-order chi connectivity index (χ1) is 7.81. The van der Waals surface area contributed by atoms with E-state index < -0.39 is 0 Å². The number of aryl methyl sites for hydroxylation is 1. The van der Waals surface area contributed by atoms with E-state index in [0.29, 0.717) is 0 Å². The second-order valence-electron chi connectivity index (χ2n) is 4.27. The van der Waals surface area contributed by atoms with Crippen LogP contribution in [0.3, 0.4) is 0 Å². The molecule has 4 heteroatoms. The van der Waals surface area contributed by atoms with Gasteiger partial charge < -0.3 is 0 Å². The second-order valence-corrected chi connectivity index (χ2v) is 5.33. The van der Waals surface area contributed by atoms with Crippen LogP contribution in [0.2, 0.25) is 0 Å². The van der Waals surface area contributed by atoms with E-state index in [4.69, 9.17) is 5.84 Å². The zero-order valence-corrected chi connectivity index (χ0v) is 10.5. The molecule has 1 aromatic rings. The summed E-state index contributed by atoms with van der Waals surface area (Å²) in [5.74, 6) is 5.67. The summed E-state index contributed by atoms with van der Waals surface area (Å²) in [6.45, 7) is 2.03. The van der Waals surface area contributed by atoms with Gasteiger partial charge in [-0.3, -0.25) is 5.84 Å². The minimum atomic E-state index is 0.114. The van der Waals surface area contributed by atoms with Crippen LogP contribution in [-0.2, 0) is 0 Å². The zero-order chi connectivity index (χ0) is 11.4. The van der Waals surface area contributed by atoms with Gasteiger partial charge in [-0.05, 0) is 32.6 Å². The fourth-order valence-electron chi connectivity index (χ4n) is 2.20. The summed E-state index contributed by atoms with van der Waals surface area (Å²) in [6.07, 6.45) is 8.56. The summed E-state index contributed by atoms with van der Waals surface area (Å²) in [7, 11) is 0. The molecule has 2 rings (SSSR count). The van der Waals surface area contributed by atoms with Gasteiger partial charge in [0.05, 0.1) is 16.7 Å². The molecule has 0 saturated heterocycles. The molecule has 0 radical (unpaired) electrons. The standard InChI is InChI=1S/C12H19N3S/c1-9-14-11(8-16-9)12(15-13)10-6-4-2-3-5-7-10/h6,8,12,15H,2-5,7,13H2,1H3. The Morgan fingerprint density at radius 1 is 1.44 bits per heavy atom. The molecule has 88 valence electrons. The Bertz CT molecular complexity index is 370. The summed E-state index contributed by atoms with van der Waals surface area (Å²) in [5.41, 5.74) is 5.38. The third-order valence-electron chi connectivity index (χ3n) is 3.05. The minimum absolute atomic E-state index is 0.114. The molecule has 0 fully saturated rings. The Kier molecular flexibility index (Phi) is 4.09. The second kappa shape index (κ2) is 5.57. The number of allylic oxidation sites excluding steroid dienone is 1. The Hall–Kier alpha value is -0.710. The number of hydrazine groups is 1. The highest BCUT2D eigenvalue weighted by molar-refractivity contribution is 7.09. The number of thiazole rings is 1. The minimum Gasteiger partial charge on any atom is -0.271 e. The van der Waals surface area contributed by atoms with Crippen LogP contribution in [0.15, 0.2) is 17.0 Å². The van der Waals surface area contributed by atoms with E-state index in [1.54, 1.807) is 11.3 Å². The molecule has 1 aliphatic rings. The molecule has 1 aromatic heterocycles. The number of hydrogen-bond donors (Lipinski definition) is 2. The molecule has 0 saturated carbocycles. The Balaban J connectivity index is 2.18. The van der Waals surface area contributed by atoms with Crippen LogP contribution in [0.5, 0.6) is 0 Å². The highest BCUT2D eigenvalue weighted by Gasteiger charge is 2.18. The van der Waals surface area contributed by atoms with E-state index in [-0.39, 0.29) is 6.04 Å². The van der Waals surface area contributed by atoms with Crippen molar-refractivity contribution in [2.24, 2.45) is 5.84 Å². The van der Waals surface area contributed by atoms with Crippen molar-refractivity contribution < 1.29 is 0 Å². The van der Waals surface area contributed by atoms with E-state index in [1.165, 1.54) is 31.3 Å². The lowest BCUT2D eigenvalue weighted by molar-refractivity contribution is 0.582. The van der Waals surface area contributed by atoms with Crippen LogP contribution in [0.25, 0.3) is 0 Å². The molecule has 3 N–H and O–H groups in total. The maximum atomic E-state index is 5.67. The van der Waals surface area contributed by atoms with Gasteiger partial charge in [0.2, 0.25) is 0 Å². The monoisotopic (exact) mass is 237 g/mol. The van der Waals surface area contributed by atoms with Gasteiger partial charge >= 0.3 is 0 Å². The smallest absolute Gasteiger partial charge is 0.0898 e. The molecule has 1 aliphatic carbocycles. The van der Waals surface area contributed by atoms with Crippen molar-refractivity contribution in [2.45, 2.75) is 45.1 Å². The van der Waals surface area contributed by atoms with E-state index in [2.05, 4.69) is 21.9 Å². The SMILES string of the molecule is Cc1nc(C(NN)C2=CCCCCC2)cs1. The van der Waals surface area contributed by atoms with Crippen molar-refractivity contribution in [1.82, 2.24) is 10.4 Å². The zero-order valence-electron chi connectivity index (χ0n) is 9.70. The third-order valence-corrected chi connectivity index (χ3v) is 3.84. The van der Waals surface area contributed by atoms with Crippen molar-refractivity contribution in [3.05, 3.63) is 27.7 Å². The van der Waals surface area contributed by atoms with Crippen molar-refractivity contribution >= 4 is 11.3 Å². The average molecular weight is 237 g/mol. The molecule has 3 nitrogen and oxygen atoms in total. The lowest BCUT2D eigenvalue weighted by Gasteiger charge is -2.17. The first-order valence-electron chi connectivity index (χ1n) is 5.88. The molecule has 16 heavy (non-hydrogen) atoms. The van der Waals surface area contributed by atoms with Gasteiger partial charge in [0, 0.05) is 5.38 Å². The van der Waals surface area contributed by atoms with Crippen LogP contribution in [0, 0.1) is 6.92 Å². The Labute approximate surface area is 101 Å². The Morgan fingerprint density at radius 2 is 2.31 bits per heavy atom. The normalized spacial score (nSPS) is 19.0. The quantitative estimate of drug-likeness (QED) is 0.483. The topological polar surface area (TPSA) is 50.9 Å². The average Bonchev–Trinajstić information content (AvgIpc) is 2.55. The molecular formula is C12H19N3S. The van der Waals surface area contributed by atoms with Gasteiger partial charge in [0.15, 0.2) is 0 Å². The lowest BCUT2D eigenvalue weighted by Crippen LogP contribution is -2.29. The number of aromatic nitrogens is 1. The molecule has 0 aromatic carbocycles. The molecular weight excluding hydrogens is 218 g/mol. The molecule has 0 aliphatic heterocycles. The van der Waals surface area contributed by atoms with Gasteiger partial charge in [0.1, 0.15) is 0 Å². The summed E-state index contributed by atoms with van der Waals surface area (Å²) < 4.78 is 0. The highest BCUT2D eigenvalue weighted by Crippen LogP contribution is 2.29. The number of hydrogen-bond acceptors (Lipinski definition) is 4.